The lowest BCUT2D eigenvalue weighted by Gasteiger charge is -2.34. The lowest BCUT2D eigenvalue weighted by molar-refractivity contribution is -0.181. The molecule has 2 aliphatic rings. The average Bonchev–Trinajstić information content (AvgIpc) is 2.38. The van der Waals surface area contributed by atoms with E-state index in [0.29, 0.717) is 25.7 Å². The zero-order chi connectivity index (χ0) is 15.7. The van der Waals surface area contributed by atoms with E-state index in [-0.39, 0.29) is 36.2 Å². The number of alkyl halides is 6. The molecule has 0 aromatic carbocycles. The lowest BCUT2D eigenvalue weighted by atomic mass is 9.88. The molecule has 0 N–H and O–H groups in total. The maximum absolute atomic E-state index is 12.6. The van der Waals surface area contributed by atoms with E-state index >= 15 is 0 Å². The van der Waals surface area contributed by atoms with Gasteiger partial charge in [0.05, 0.1) is 11.8 Å². The molecule has 0 spiro atoms. The Morgan fingerprint density at radius 1 is 0.524 bits per heavy atom. The van der Waals surface area contributed by atoms with Gasteiger partial charge in [-0.2, -0.15) is 38.1 Å². The molecule has 21 heavy (non-hydrogen) atoms. The molecule has 2 saturated carbocycles. The summed E-state index contributed by atoms with van der Waals surface area (Å²) in [5.41, 5.74) is 0. The summed E-state index contributed by atoms with van der Waals surface area (Å²) in [7, 11) is 0. The number of rotatable bonds is 2. The minimum Gasteiger partial charge on any atom is -0.171 e. The lowest BCUT2D eigenvalue weighted by Crippen LogP contribution is -2.31. The molecule has 0 aromatic rings. The second-order valence-electron chi connectivity index (χ2n) is 6.17. The molecule has 2 fully saturated rings. The number of hydrogen-bond acceptors (Lipinski definition) is 1. The monoisotopic (exact) mass is 334 g/mol. The predicted molar refractivity (Wildman–Crippen MR) is 71.2 cm³/mol. The Morgan fingerprint density at radius 2 is 0.810 bits per heavy atom. The van der Waals surface area contributed by atoms with Crippen molar-refractivity contribution in [2.24, 2.45) is 11.8 Å². The van der Waals surface area contributed by atoms with Crippen LogP contribution in [0.25, 0.3) is 0 Å². The van der Waals surface area contributed by atoms with Gasteiger partial charge in [0.1, 0.15) is 0 Å². The topological polar surface area (TPSA) is 0 Å². The first-order valence-corrected chi connectivity index (χ1v) is 8.39. The van der Waals surface area contributed by atoms with Gasteiger partial charge >= 0.3 is 12.4 Å². The van der Waals surface area contributed by atoms with Gasteiger partial charge in [0.25, 0.3) is 0 Å². The summed E-state index contributed by atoms with van der Waals surface area (Å²) in [5, 5.41) is 0.382. The van der Waals surface area contributed by atoms with Crippen LogP contribution in [0.4, 0.5) is 26.3 Å². The van der Waals surface area contributed by atoms with Crippen LogP contribution in [0.5, 0.6) is 0 Å². The van der Waals surface area contributed by atoms with Crippen LogP contribution in [0.1, 0.15) is 51.4 Å². The molecule has 0 unspecified atom stereocenters. The van der Waals surface area contributed by atoms with E-state index in [1.165, 1.54) is 0 Å². The Balaban J connectivity index is 1.71. The third-order valence-electron chi connectivity index (χ3n) is 4.66. The van der Waals surface area contributed by atoms with Gasteiger partial charge in [0.15, 0.2) is 0 Å². The Kier molecular flexibility index (Phi) is 5.42. The molecule has 0 radical (unpaired) electrons. The molecule has 0 atom stereocenters. The van der Waals surface area contributed by atoms with Gasteiger partial charge in [0, 0.05) is 10.5 Å². The fraction of sp³-hybridized carbons (Fsp3) is 1.00. The molecule has 2 aliphatic carbocycles. The Bertz CT molecular complexity index is 289. The maximum atomic E-state index is 12.6. The van der Waals surface area contributed by atoms with Crippen molar-refractivity contribution in [1.82, 2.24) is 0 Å². The van der Waals surface area contributed by atoms with Gasteiger partial charge in [-0.25, -0.2) is 0 Å². The van der Waals surface area contributed by atoms with Crippen LogP contribution in [0, 0.1) is 11.8 Å². The van der Waals surface area contributed by atoms with Crippen LogP contribution < -0.4 is 0 Å². The van der Waals surface area contributed by atoms with Crippen LogP contribution in [0.2, 0.25) is 0 Å². The number of halogens is 6. The second kappa shape index (κ2) is 6.59. The predicted octanol–water partition coefficient (Wildman–Crippen LogP) is 5.96. The van der Waals surface area contributed by atoms with Crippen molar-refractivity contribution >= 4 is 11.8 Å². The molecule has 0 aliphatic heterocycles. The molecule has 124 valence electrons. The molecular weight excluding hydrogens is 314 g/mol. The zero-order valence-electron chi connectivity index (χ0n) is 11.6. The molecule has 0 heterocycles. The first kappa shape index (κ1) is 17.3. The van der Waals surface area contributed by atoms with Crippen LogP contribution in [-0.4, -0.2) is 22.9 Å². The summed E-state index contributed by atoms with van der Waals surface area (Å²) in [5.74, 6) is -2.37. The number of thioether (sulfide) groups is 1. The van der Waals surface area contributed by atoms with Crippen LogP contribution >= 0.6 is 11.8 Å². The summed E-state index contributed by atoms with van der Waals surface area (Å²) < 4.78 is 75.4. The zero-order valence-corrected chi connectivity index (χ0v) is 12.5. The van der Waals surface area contributed by atoms with Gasteiger partial charge in [0.2, 0.25) is 0 Å². The normalized spacial score (nSPS) is 35.7. The van der Waals surface area contributed by atoms with Gasteiger partial charge in [-0.1, -0.05) is 0 Å². The first-order chi connectivity index (χ1) is 9.66. The third kappa shape index (κ3) is 4.96. The van der Waals surface area contributed by atoms with E-state index in [1.807, 2.05) is 0 Å². The SMILES string of the molecule is FC(F)(F)C1CCC(SC2CCC(C(F)(F)F)CC2)CC1. The number of hydrogen-bond donors (Lipinski definition) is 0. The van der Waals surface area contributed by atoms with E-state index in [2.05, 4.69) is 0 Å². The van der Waals surface area contributed by atoms with Crippen molar-refractivity contribution in [3.8, 4) is 0 Å². The van der Waals surface area contributed by atoms with E-state index < -0.39 is 24.2 Å². The van der Waals surface area contributed by atoms with E-state index in [0.717, 1.165) is 0 Å². The largest absolute Gasteiger partial charge is 0.391 e. The van der Waals surface area contributed by atoms with Crippen LogP contribution in [0.15, 0.2) is 0 Å². The minimum absolute atomic E-state index is 0.166. The van der Waals surface area contributed by atoms with E-state index in [4.69, 9.17) is 0 Å². The Hall–Kier alpha value is -0.0700. The first-order valence-electron chi connectivity index (χ1n) is 7.45. The molecule has 0 aromatic heterocycles. The summed E-state index contributed by atoms with van der Waals surface area (Å²) in [6.07, 6.45) is -5.39. The average molecular weight is 334 g/mol. The second-order valence-corrected chi connectivity index (χ2v) is 7.77. The maximum Gasteiger partial charge on any atom is 0.391 e. The summed E-state index contributed by atoms with van der Waals surface area (Å²) in [4.78, 5) is 0. The molecule has 0 saturated heterocycles. The van der Waals surface area contributed by atoms with E-state index in [1.54, 1.807) is 11.8 Å². The van der Waals surface area contributed by atoms with Crippen LogP contribution in [0.3, 0.4) is 0 Å². The highest BCUT2D eigenvalue weighted by Crippen LogP contribution is 2.45. The Labute approximate surface area is 125 Å². The van der Waals surface area contributed by atoms with Gasteiger partial charge < -0.3 is 0 Å². The minimum atomic E-state index is -4.10. The van der Waals surface area contributed by atoms with Crippen molar-refractivity contribution < 1.29 is 26.3 Å². The van der Waals surface area contributed by atoms with Crippen molar-refractivity contribution in [2.75, 3.05) is 0 Å². The van der Waals surface area contributed by atoms with Crippen molar-refractivity contribution in [3.63, 3.8) is 0 Å². The summed E-state index contributed by atoms with van der Waals surface area (Å²) in [6.45, 7) is 0. The van der Waals surface area contributed by atoms with Gasteiger partial charge in [-0.05, 0) is 51.4 Å². The molecule has 0 nitrogen and oxygen atoms in total. The summed E-state index contributed by atoms with van der Waals surface area (Å²) >= 11 is 1.63. The quantitative estimate of drug-likeness (QED) is 0.561. The van der Waals surface area contributed by atoms with Crippen LogP contribution in [-0.2, 0) is 0 Å². The fourth-order valence-electron chi connectivity index (χ4n) is 3.32. The van der Waals surface area contributed by atoms with Gasteiger partial charge in [-0.3, -0.25) is 0 Å². The molecule has 2 rings (SSSR count). The van der Waals surface area contributed by atoms with Gasteiger partial charge in [-0.15, -0.1) is 0 Å². The Morgan fingerprint density at radius 3 is 1.05 bits per heavy atom. The molecule has 7 heteroatoms. The molecule has 0 bridgehead atoms. The highest BCUT2D eigenvalue weighted by molar-refractivity contribution is 8.00. The van der Waals surface area contributed by atoms with Crippen molar-refractivity contribution in [3.05, 3.63) is 0 Å². The third-order valence-corrected chi connectivity index (χ3v) is 6.37. The van der Waals surface area contributed by atoms with E-state index in [9.17, 15) is 26.3 Å². The fourth-order valence-corrected chi connectivity index (χ4v) is 4.96. The molecular formula is C14H20F6S. The molecule has 0 amide bonds. The van der Waals surface area contributed by atoms with Crippen molar-refractivity contribution in [1.29, 1.82) is 0 Å². The smallest absolute Gasteiger partial charge is 0.171 e. The summed E-state index contributed by atoms with van der Waals surface area (Å²) in [6, 6.07) is 0. The van der Waals surface area contributed by atoms with Crippen molar-refractivity contribution in [2.45, 2.75) is 74.2 Å². The highest BCUT2D eigenvalue weighted by Gasteiger charge is 2.43. The highest BCUT2D eigenvalue weighted by atomic mass is 32.2. The standard InChI is InChI=1S/C14H20F6S/c15-13(16,17)9-1-5-11(6-2-9)21-12-7-3-10(4-8-12)14(18,19)20/h9-12H,1-8H2.